The first-order valence-electron chi connectivity index (χ1n) is 11.0. The summed E-state index contributed by atoms with van der Waals surface area (Å²) in [7, 11) is 3.28. The second-order valence-electron chi connectivity index (χ2n) is 7.87. The Morgan fingerprint density at radius 1 is 1.15 bits per heavy atom. The summed E-state index contributed by atoms with van der Waals surface area (Å²) in [6.45, 7) is 3.18. The highest BCUT2D eigenvalue weighted by atomic mass is 32.1. The summed E-state index contributed by atoms with van der Waals surface area (Å²) in [6, 6.07) is 15.0. The van der Waals surface area contributed by atoms with Gasteiger partial charge in [0.1, 0.15) is 17.5 Å². The molecule has 0 unspecified atom stereocenters. The lowest BCUT2D eigenvalue weighted by molar-refractivity contribution is -0.122. The molecule has 3 aromatic rings. The van der Waals surface area contributed by atoms with E-state index in [2.05, 4.69) is 5.32 Å². The fraction of sp³-hybridized carbons (Fsp3) is 0.360. The van der Waals surface area contributed by atoms with Crippen LogP contribution in [0, 0.1) is 0 Å². The van der Waals surface area contributed by atoms with E-state index < -0.39 is 6.04 Å². The van der Waals surface area contributed by atoms with Gasteiger partial charge in [-0.15, -0.1) is 11.3 Å². The number of benzene rings is 2. The van der Waals surface area contributed by atoms with Crippen LogP contribution < -0.4 is 19.7 Å². The van der Waals surface area contributed by atoms with E-state index in [1.165, 1.54) is 11.3 Å². The van der Waals surface area contributed by atoms with E-state index in [9.17, 15) is 4.79 Å². The number of carbonyl (C=O) groups is 1. The van der Waals surface area contributed by atoms with Gasteiger partial charge < -0.3 is 24.4 Å². The Hall–Kier alpha value is -3.10. The van der Waals surface area contributed by atoms with E-state index in [0.717, 1.165) is 53.0 Å². The number of hydrogen-bond acceptors (Lipinski definition) is 7. The Balaban J connectivity index is 1.59. The smallest absolute Gasteiger partial charge is 0.242 e. The number of methoxy groups -OCH3 is 2. The number of nitrogens with zero attached hydrogens (tertiary/aromatic N) is 2. The molecule has 1 aliphatic heterocycles. The Morgan fingerprint density at radius 2 is 1.82 bits per heavy atom. The first kappa shape index (κ1) is 23.1. The Labute approximate surface area is 198 Å². The lowest BCUT2D eigenvalue weighted by Gasteiger charge is -2.28. The number of anilines is 2. The largest absolute Gasteiger partial charge is 0.497 e. The molecule has 1 saturated heterocycles. The SMILES string of the molecule is COc1ccc(-c2csc(N(c3ccc(OC)cc3)[C@H](C)C(=O)NC[C@@H]3CCCO3)n2)cc1. The lowest BCUT2D eigenvalue weighted by Crippen LogP contribution is -2.45. The van der Waals surface area contributed by atoms with Crippen LogP contribution in [0.4, 0.5) is 10.8 Å². The van der Waals surface area contributed by atoms with Crippen LogP contribution in [0.15, 0.2) is 53.9 Å². The van der Waals surface area contributed by atoms with Gasteiger partial charge in [0, 0.05) is 29.8 Å². The predicted molar refractivity (Wildman–Crippen MR) is 131 cm³/mol. The van der Waals surface area contributed by atoms with Gasteiger partial charge in [0.2, 0.25) is 5.91 Å². The summed E-state index contributed by atoms with van der Waals surface area (Å²) < 4.78 is 16.2. The Morgan fingerprint density at radius 3 is 2.42 bits per heavy atom. The molecular formula is C25H29N3O4S. The third-order valence-corrected chi connectivity index (χ3v) is 6.57. The molecule has 1 aliphatic rings. The van der Waals surface area contributed by atoms with Crippen molar-refractivity contribution in [3.05, 3.63) is 53.9 Å². The van der Waals surface area contributed by atoms with Crippen LogP contribution in [0.25, 0.3) is 11.3 Å². The van der Waals surface area contributed by atoms with E-state index >= 15 is 0 Å². The van der Waals surface area contributed by atoms with Gasteiger partial charge in [-0.3, -0.25) is 4.79 Å². The average molecular weight is 468 g/mol. The van der Waals surface area contributed by atoms with Crippen molar-refractivity contribution in [2.45, 2.75) is 31.9 Å². The molecule has 1 N–H and O–H groups in total. The van der Waals surface area contributed by atoms with Crippen molar-refractivity contribution in [2.24, 2.45) is 0 Å². The molecule has 0 spiro atoms. The number of thiazole rings is 1. The molecule has 2 heterocycles. The highest BCUT2D eigenvalue weighted by Crippen LogP contribution is 2.35. The fourth-order valence-electron chi connectivity index (χ4n) is 3.80. The van der Waals surface area contributed by atoms with Crippen molar-refractivity contribution < 1.29 is 19.0 Å². The zero-order chi connectivity index (χ0) is 23.2. The maximum absolute atomic E-state index is 13.1. The van der Waals surface area contributed by atoms with Crippen LogP contribution in [-0.2, 0) is 9.53 Å². The average Bonchev–Trinajstić information content (AvgIpc) is 3.56. The standard InChI is InChI=1S/C25H29N3O4S/c1-17(24(29)26-15-22-5-4-14-32-22)28(19-8-12-21(31-3)13-9-19)25-27-23(16-33-25)18-6-10-20(30-2)11-7-18/h6-13,16-17,22H,4-5,14-15H2,1-3H3,(H,26,29)/t17-,22+/m1/s1. The Bertz CT molecular complexity index is 1050. The zero-order valence-electron chi connectivity index (χ0n) is 19.1. The lowest BCUT2D eigenvalue weighted by atomic mass is 10.2. The van der Waals surface area contributed by atoms with Gasteiger partial charge >= 0.3 is 0 Å². The molecule has 33 heavy (non-hydrogen) atoms. The van der Waals surface area contributed by atoms with Crippen LogP contribution in [0.2, 0.25) is 0 Å². The maximum atomic E-state index is 13.1. The zero-order valence-corrected chi connectivity index (χ0v) is 19.9. The molecule has 0 saturated carbocycles. The first-order chi connectivity index (χ1) is 16.1. The first-order valence-corrected chi connectivity index (χ1v) is 11.9. The summed E-state index contributed by atoms with van der Waals surface area (Å²) in [5.41, 5.74) is 2.71. The molecular weight excluding hydrogens is 438 g/mol. The number of nitrogens with one attached hydrogen (secondary N) is 1. The topological polar surface area (TPSA) is 72.9 Å². The van der Waals surface area contributed by atoms with Gasteiger partial charge in [-0.1, -0.05) is 0 Å². The molecule has 7 nitrogen and oxygen atoms in total. The van der Waals surface area contributed by atoms with E-state index in [4.69, 9.17) is 19.2 Å². The van der Waals surface area contributed by atoms with Gasteiger partial charge in [-0.05, 0) is 68.3 Å². The minimum absolute atomic E-state index is 0.0671. The molecule has 1 amide bonds. The van der Waals surface area contributed by atoms with Crippen molar-refractivity contribution in [3.8, 4) is 22.8 Å². The molecule has 8 heteroatoms. The summed E-state index contributed by atoms with van der Waals surface area (Å²) in [5, 5.41) is 5.80. The van der Waals surface area contributed by atoms with Gasteiger partial charge in [-0.2, -0.15) is 0 Å². The molecule has 1 aromatic heterocycles. The molecule has 174 valence electrons. The van der Waals surface area contributed by atoms with Crippen molar-refractivity contribution in [2.75, 3.05) is 32.3 Å². The van der Waals surface area contributed by atoms with Crippen LogP contribution >= 0.6 is 11.3 Å². The van der Waals surface area contributed by atoms with Crippen molar-refractivity contribution in [3.63, 3.8) is 0 Å². The van der Waals surface area contributed by atoms with Gasteiger partial charge in [0.15, 0.2) is 5.13 Å². The van der Waals surface area contributed by atoms with E-state index in [1.54, 1.807) is 14.2 Å². The van der Waals surface area contributed by atoms with Gasteiger partial charge in [0.25, 0.3) is 0 Å². The van der Waals surface area contributed by atoms with E-state index in [0.29, 0.717) is 6.54 Å². The van der Waals surface area contributed by atoms with E-state index in [-0.39, 0.29) is 12.0 Å². The molecule has 2 atom stereocenters. The third kappa shape index (κ3) is 5.46. The minimum atomic E-state index is -0.463. The fourth-order valence-corrected chi connectivity index (χ4v) is 4.73. The number of ether oxygens (including phenoxy) is 3. The summed E-state index contributed by atoms with van der Waals surface area (Å²) in [6.07, 6.45) is 2.12. The minimum Gasteiger partial charge on any atom is -0.497 e. The molecule has 0 radical (unpaired) electrons. The molecule has 0 aliphatic carbocycles. The van der Waals surface area contributed by atoms with Crippen molar-refractivity contribution >= 4 is 28.1 Å². The number of carbonyl (C=O) groups excluding carboxylic acids is 1. The number of hydrogen-bond donors (Lipinski definition) is 1. The Kier molecular flexibility index (Phi) is 7.47. The van der Waals surface area contributed by atoms with Gasteiger partial charge in [-0.25, -0.2) is 4.98 Å². The number of amides is 1. The molecule has 2 aromatic carbocycles. The quantitative estimate of drug-likeness (QED) is 0.494. The number of aromatic nitrogens is 1. The summed E-state index contributed by atoms with van der Waals surface area (Å²) >= 11 is 1.50. The third-order valence-electron chi connectivity index (χ3n) is 5.73. The van der Waals surface area contributed by atoms with Crippen LogP contribution in [-0.4, -0.2) is 50.4 Å². The van der Waals surface area contributed by atoms with Crippen molar-refractivity contribution in [1.29, 1.82) is 0 Å². The number of rotatable bonds is 9. The molecule has 4 rings (SSSR count). The van der Waals surface area contributed by atoms with Crippen LogP contribution in [0.3, 0.4) is 0 Å². The predicted octanol–water partition coefficient (Wildman–Crippen LogP) is 4.65. The van der Waals surface area contributed by atoms with E-state index in [1.807, 2.05) is 65.7 Å². The van der Waals surface area contributed by atoms with Gasteiger partial charge in [0.05, 0.1) is 26.0 Å². The summed E-state index contributed by atoms with van der Waals surface area (Å²) in [5.74, 6) is 1.49. The second-order valence-corrected chi connectivity index (χ2v) is 8.70. The molecule has 1 fully saturated rings. The highest BCUT2D eigenvalue weighted by Gasteiger charge is 2.27. The van der Waals surface area contributed by atoms with Crippen LogP contribution in [0.5, 0.6) is 11.5 Å². The maximum Gasteiger partial charge on any atom is 0.242 e. The van der Waals surface area contributed by atoms with Crippen molar-refractivity contribution in [1.82, 2.24) is 10.3 Å². The normalized spacial score (nSPS) is 16.3. The van der Waals surface area contributed by atoms with Crippen LogP contribution in [0.1, 0.15) is 19.8 Å². The molecule has 0 bridgehead atoms. The highest BCUT2D eigenvalue weighted by molar-refractivity contribution is 7.14. The monoisotopic (exact) mass is 467 g/mol. The second kappa shape index (κ2) is 10.7. The summed E-state index contributed by atoms with van der Waals surface area (Å²) in [4.78, 5) is 19.9.